The van der Waals surface area contributed by atoms with Crippen LogP contribution in [0.4, 0.5) is 5.13 Å². The topological polar surface area (TPSA) is 67.2 Å². The van der Waals surface area contributed by atoms with Crippen molar-refractivity contribution in [1.82, 2.24) is 4.98 Å². The van der Waals surface area contributed by atoms with Crippen LogP contribution in [0, 0.1) is 12.8 Å². The lowest BCUT2D eigenvalue weighted by Crippen LogP contribution is -2.29. The number of para-hydroxylation sites is 1. The SMILES string of the molecule is COc1ccc(CN=C[C@@H]2C(=O)N(c3nc4ccccc4s3)N=C2CSc2ccc(C)cc2)cc1. The highest BCUT2D eigenvalue weighted by atomic mass is 32.2. The zero-order valence-corrected chi connectivity index (χ0v) is 21.1. The van der Waals surface area contributed by atoms with E-state index in [1.807, 2.05) is 48.5 Å². The summed E-state index contributed by atoms with van der Waals surface area (Å²) in [7, 11) is 1.64. The van der Waals surface area contributed by atoms with Crippen LogP contribution in [-0.2, 0) is 11.3 Å². The molecule has 8 heteroatoms. The van der Waals surface area contributed by atoms with Gasteiger partial charge in [0.2, 0.25) is 5.13 Å². The molecular formula is C27H24N4O2S2. The summed E-state index contributed by atoms with van der Waals surface area (Å²) >= 11 is 3.13. The average Bonchev–Trinajstić information content (AvgIpc) is 3.45. The van der Waals surface area contributed by atoms with E-state index in [0.717, 1.165) is 32.1 Å². The third kappa shape index (κ3) is 5.28. The number of methoxy groups -OCH3 is 1. The lowest BCUT2D eigenvalue weighted by atomic mass is 10.1. The number of carbonyl (C=O) groups is 1. The molecule has 0 aliphatic carbocycles. The molecular weight excluding hydrogens is 476 g/mol. The van der Waals surface area contributed by atoms with Crippen molar-refractivity contribution in [2.45, 2.75) is 18.4 Å². The molecule has 35 heavy (non-hydrogen) atoms. The first-order valence-corrected chi connectivity index (χ1v) is 13.0. The van der Waals surface area contributed by atoms with Crippen molar-refractivity contribution in [3.8, 4) is 5.75 Å². The van der Waals surface area contributed by atoms with Crippen LogP contribution in [0.3, 0.4) is 0 Å². The quantitative estimate of drug-likeness (QED) is 0.220. The Morgan fingerprint density at radius 3 is 2.60 bits per heavy atom. The van der Waals surface area contributed by atoms with Gasteiger partial charge in [-0.15, -0.1) is 11.8 Å². The molecule has 0 spiro atoms. The number of thioether (sulfide) groups is 1. The summed E-state index contributed by atoms with van der Waals surface area (Å²) in [6.07, 6.45) is 1.73. The molecule has 3 aromatic carbocycles. The largest absolute Gasteiger partial charge is 0.497 e. The van der Waals surface area contributed by atoms with Crippen LogP contribution in [0.1, 0.15) is 11.1 Å². The maximum atomic E-state index is 13.4. The Balaban J connectivity index is 1.37. The average molecular weight is 501 g/mol. The highest BCUT2D eigenvalue weighted by molar-refractivity contribution is 8.00. The second-order valence-corrected chi connectivity index (χ2v) is 10.2. The fourth-order valence-corrected chi connectivity index (χ4v) is 5.46. The van der Waals surface area contributed by atoms with Crippen molar-refractivity contribution < 1.29 is 9.53 Å². The van der Waals surface area contributed by atoms with E-state index in [0.29, 0.717) is 17.4 Å². The number of rotatable bonds is 8. The Kier molecular flexibility index (Phi) is 6.92. The smallest absolute Gasteiger partial charge is 0.263 e. The summed E-state index contributed by atoms with van der Waals surface area (Å²) in [5.74, 6) is 0.757. The van der Waals surface area contributed by atoms with Gasteiger partial charge in [0, 0.05) is 16.9 Å². The van der Waals surface area contributed by atoms with E-state index in [-0.39, 0.29) is 5.91 Å². The number of hydrogen-bond donors (Lipinski definition) is 0. The van der Waals surface area contributed by atoms with Crippen LogP contribution in [0.25, 0.3) is 10.2 Å². The summed E-state index contributed by atoms with van der Waals surface area (Å²) in [5, 5.41) is 6.74. The summed E-state index contributed by atoms with van der Waals surface area (Å²) < 4.78 is 6.24. The van der Waals surface area contributed by atoms with Gasteiger partial charge in [-0.2, -0.15) is 10.1 Å². The van der Waals surface area contributed by atoms with Crippen molar-refractivity contribution in [2.24, 2.45) is 16.0 Å². The molecule has 4 aromatic rings. The minimum absolute atomic E-state index is 0.123. The summed E-state index contributed by atoms with van der Waals surface area (Å²) in [5.41, 5.74) is 3.90. The van der Waals surface area contributed by atoms with E-state index in [9.17, 15) is 4.79 Å². The lowest BCUT2D eigenvalue weighted by Gasteiger charge is -2.08. The second-order valence-electron chi connectivity index (χ2n) is 8.12. The number of thiazole rings is 1. The van der Waals surface area contributed by atoms with Crippen molar-refractivity contribution in [3.05, 3.63) is 83.9 Å². The van der Waals surface area contributed by atoms with E-state index >= 15 is 0 Å². The molecule has 6 nitrogen and oxygen atoms in total. The van der Waals surface area contributed by atoms with Crippen LogP contribution in [0.2, 0.25) is 0 Å². The molecule has 0 saturated heterocycles. The van der Waals surface area contributed by atoms with Gasteiger partial charge in [-0.25, -0.2) is 4.98 Å². The molecule has 1 aliphatic heterocycles. The van der Waals surface area contributed by atoms with Gasteiger partial charge in [0.05, 0.1) is 29.6 Å². The monoisotopic (exact) mass is 500 g/mol. The second kappa shape index (κ2) is 10.4. The molecule has 2 heterocycles. The maximum absolute atomic E-state index is 13.4. The highest BCUT2D eigenvalue weighted by Crippen LogP contribution is 2.33. The van der Waals surface area contributed by atoms with Gasteiger partial charge in [0.1, 0.15) is 11.7 Å². The third-order valence-corrected chi connectivity index (χ3v) is 7.68. The van der Waals surface area contributed by atoms with E-state index in [1.165, 1.54) is 21.9 Å². The number of aryl methyl sites for hydroxylation is 1. The molecule has 0 saturated carbocycles. The molecule has 0 fully saturated rings. The molecule has 1 atom stereocenters. The summed E-state index contributed by atoms with van der Waals surface area (Å²) in [6.45, 7) is 2.55. The van der Waals surface area contributed by atoms with E-state index in [2.05, 4.69) is 41.2 Å². The van der Waals surface area contributed by atoms with Gasteiger partial charge in [0.15, 0.2) is 0 Å². The van der Waals surface area contributed by atoms with E-state index < -0.39 is 5.92 Å². The Bertz CT molecular complexity index is 1360. The number of fused-ring (bicyclic) bond motifs is 1. The molecule has 5 rings (SSSR count). The molecule has 1 aromatic heterocycles. The third-order valence-electron chi connectivity index (χ3n) is 5.62. The lowest BCUT2D eigenvalue weighted by molar-refractivity contribution is -0.118. The fraction of sp³-hybridized carbons (Fsp3) is 0.185. The first-order valence-electron chi connectivity index (χ1n) is 11.2. The zero-order valence-electron chi connectivity index (χ0n) is 19.4. The normalized spacial score (nSPS) is 15.8. The Morgan fingerprint density at radius 1 is 1.09 bits per heavy atom. The Morgan fingerprint density at radius 2 is 1.86 bits per heavy atom. The standard InChI is InChI=1S/C27H24N4O2S2/c1-18-7-13-21(14-8-18)34-17-24-22(16-28-15-19-9-11-20(33-2)12-10-19)26(32)31(30-24)27-29-23-5-3-4-6-25(23)35-27/h3-14,16,22H,15,17H2,1-2H3/t22-/m0/s1. The highest BCUT2D eigenvalue weighted by Gasteiger charge is 2.37. The molecule has 0 radical (unpaired) electrons. The molecule has 0 unspecified atom stereocenters. The number of amides is 1. The number of aliphatic imine (C=N–C) groups is 1. The Labute approximate surface area is 212 Å². The van der Waals surface area contributed by atoms with Crippen LogP contribution in [0.5, 0.6) is 5.75 Å². The zero-order chi connectivity index (χ0) is 24.2. The number of hydrazone groups is 1. The summed E-state index contributed by atoms with van der Waals surface area (Å²) in [6, 6.07) is 24.0. The van der Waals surface area contributed by atoms with Gasteiger partial charge >= 0.3 is 0 Å². The first kappa shape index (κ1) is 23.3. The minimum Gasteiger partial charge on any atom is -0.497 e. The number of hydrogen-bond acceptors (Lipinski definition) is 7. The first-order chi connectivity index (χ1) is 17.1. The maximum Gasteiger partial charge on any atom is 0.263 e. The van der Waals surface area contributed by atoms with E-state index in [4.69, 9.17) is 9.84 Å². The van der Waals surface area contributed by atoms with E-state index in [1.54, 1.807) is 25.1 Å². The number of carbonyl (C=O) groups excluding carboxylic acids is 1. The van der Waals surface area contributed by atoms with Gasteiger partial charge in [-0.3, -0.25) is 9.79 Å². The van der Waals surface area contributed by atoms with Gasteiger partial charge in [-0.1, -0.05) is 53.3 Å². The van der Waals surface area contributed by atoms with Crippen LogP contribution in [-0.4, -0.2) is 35.7 Å². The Hall–Kier alpha value is -3.49. The predicted octanol–water partition coefficient (Wildman–Crippen LogP) is 6.00. The molecule has 0 bridgehead atoms. The van der Waals surface area contributed by atoms with Crippen LogP contribution in [0.15, 0.2) is 87.8 Å². The van der Waals surface area contributed by atoms with Crippen LogP contribution < -0.4 is 9.75 Å². The molecule has 1 aliphatic rings. The fourth-order valence-electron chi connectivity index (χ4n) is 3.66. The number of nitrogens with zero attached hydrogens (tertiary/aromatic N) is 4. The number of benzene rings is 3. The van der Waals surface area contributed by atoms with Crippen LogP contribution >= 0.6 is 23.1 Å². The minimum atomic E-state index is -0.516. The number of aromatic nitrogens is 1. The number of anilines is 1. The van der Waals surface area contributed by atoms with Gasteiger partial charge < -0.3 is 4.74 Å². The van der Waals surface area contributed by atoms with Gasteiger partial charge in [-0.05, 0) is 48.9 Å². The van der Waals surface area contributed by atoms with Crippen molar-refractivity contribution in [3.63, 3.8) is 0 Å². The predicted molar refractivity (Wildman–Crippen MR) is 145 cm³/mol. The molecule has 176 valence electrons. The summed E-state index contributed by atoms with van der Waals surface area (Å²) in [4.78, 5) is 23.8. The van der Waals surface area contributed by atoms with Crippen molar-refractivity contribution >= 4 is 56.3 Å². The molecule has 0 N–H and O–H groups in total. The number of ether oxygens (including phenoxy) is 1. The van der Waals surface area contributed by atoms with Crippen molar-refractivity contribution in [2.75, 3.05) is 17.9 Å². The van der Waals surface area contributed by atoms with Gasteiger partial charge in [0.25, 0.3) is 5.91 Å². The molecule has 1 amide bonds. The van der Waals surface area contributed by atoms with Crippen molar-refractivity contribution in [1.29, 1.82) is 0 Å².